The van der Waals surface area contributed by atoms with Gasteiger partial charge in [0.05, 0.1) is 18.7 Å². The SMILES string of the molecule is COC(=O)c1ccc(C(C)NC(=O)C2(NCCOc3cccc(C)c3)CCOCC2)cc1. The van der Waals surface area contributed by atoms with Crippen LogP contribution >= 0.6 is 0 Å². The van der Waals surface area contributed by atoms with E-state index >= 15 is 0 Å². The van der Waals surface area contributed by atoms with Crippen molar-refractivity contribution in [2.24, 2.45) is 0 Å². The van der Waals surface area contributed by atoms with Crippen molar-refractivity contribution >= 4 is 11.9 Å². The topological polar surface area (TPSA) is 85.9 Å². The van der Waals surface area contributed by atoms with Gasteiger partial charge in [-0.2, -0.15) is 0 Å². The second-order valence-corrected chi connectivity index (χ2v) is 8.09. The fourth-order valence-electron chi connectivity index (χ4n) is 3.81. The fraction of sp³-hybridized carbons (Fsp3) is 0.440. The lowest BCUT2D eigenvalue weighted by molar-refractivity contribution is -0.132. The van der Waals surface area contributed by atoms with E-state index in [1.54, 1.807) is 12.1 Å². The normalized spacial score (nSPS) is 16.1. The minimum absolute atomic E-state index is 0.0547. The molecule has 32 heavy (non-hydrogen) atoms. The van der Waals surface area contributed by atoms with Crippen molar-refractivity contribution in [2.75, 3.05) is 33.5 Å². The highest BCUT2D eigenvalue weighted by molar-refractivity contribution is 5.89. The molecule has 172 valence electrons. The third-order valence-corrected chi connectivity index (χ3v) is 5.78. The largest absolute Gasteiger partial charge is 0.492 e. The molecule has 0 saturated carbocycles. The summed E-state index contributed by atoms with van der Waals surface area (Å²) in [6, 6.07) is 14.8. The Hall–Kier alpha value is -2.90. The van der Waals surface area contributed by atoms with Crippen molar-refractivity contribution in [1.29, 1.82) is 0 Å². The Kier molecular flexibility index (Phi) is 8.25. The van der Waals surface area contributed by atoms with Crippen LogP contribution < -0.4 is 15.4 Å². The van der Waals surface area contributed by atoms with E-state index in [9.17, 15) is 9.59 Å². The molecule has 1 heterocycles. The second-order valence-electron chi connectivity index (χ2n) is 8.09. The average molecular weight is 441 g/mol. The third-order valence-electron chi connectivity index (χ3n) is 5.78. The molecular formula is C25H32N2O5. The Labute approximate surface area is 189 Å². The van der Waals surface area contributed by atoms with Crippen molar-refractivity contribution < 1.29 is 23.8 Å². The highest BCUT2D eigenvalue weighted by atomic mass is 16.5. The van der Waals surface area contributed by atoms with Gasteiger partial charge in [0.25, 0.3) is 0 Å². The molecule has 1 saturated heterocycles. The molecule has 0 aromatic heterocycles. The fourth-order valence-corrected chi connectivity index (χ4v) is 3.81. The van der Waals surface area contributed by atoms with E-state index < -0.39 is 5.54 Å². The number of amides is 1. The van der Waals surface area contributed by atoms with Crippen LogP contribution in [0.3, 0.4) is 0 Å². The monoisotopic (exact) mass is 440 g/mol. The summed E-state index contributed by atoms with van der Waals surface area (Å²) in [6.45, 7) is 6.02. The molecule has 3 rings (SSSR count). The number of hydrogen-bond donors (Lipinski definition) is 2. The van der Waals surface area contributed by atoms with E-state index in [-0.39, 0.29) is 17.9 Å². The molecule has 0 spiro atoms. The summed E-state index contributed by atoms with van der Waals surface area (Å²) in [5, 5.41) is 6.55. The van der Waals surface area contributed by atoms with E-state index in [0.717, 1.165) is 16.9 Å². The summed E-state index contributed by atoms with van der Waals surface area (Å²) in [5.74, 6) is 0.383. The van der Waals surface area contributed by atoms with Crippen LogP contribution in [0, 0.1) is 6.92 Å². The number of rotatable bonds is 9. The van der Waals surface area contributed by atoms with Crippen LogP contribution in [0.4, 0.5) is 0 Å². The summed E-state index contributed by atoms with van der Waals surface area (Å²) in [7, 11) is 1.35. The van der Waals surface area contributed by atoms with Gasteiger partial charge in [-0.05, 0) is 62.1 Å². The summed E-state index contributed by atoms with van der Waals surface area (Å²) >= 11 is 0. The van der Waals surface area contributed by atoms with Gasteiger partial charge in [-0.1, -0.05) is 24.3 Å². The Morgan fingerprint density at radius 3 is 2.50 bits per heavy atom. The molecule has 0 radical (unpaired) electrons. The van der Waals surface area contributed by atoms with Crippen molar-refractivity contribution in [3.63, 3.8) is 0 Å². The van der Waals surface area contributed by atoms with Gasteiger partial charge in [-0.3, -0.25) is 10.1 Å². The molecule has 7 heteroatoms. The molecule has 1 unspecified atom stereocenters. The number of nitrogens with one attached hydrogen (secondary N) is 2. The van der Waals surface area contributed by atoms with Gasteiger partial charge in [0.1, 0.15) is 17.9 Å². The number of carbonyl (C=O) groups excluding carboxylic acids is 2. The number of hydrogen-bond acceptors (Lipinski definition) is 6. The summed E-state index contributed by atoms with van der Waals surface area (Å²) < 4.78 is 16.1. The lowest BCUT2D eigenvalue weighted by Gasteiger charge is -2.37. The predicted octanol–water partition coefficient (Wildman–Crippen LogP) is 3.18. The van der Waals surface area contributed by atoms with E-state index in [2.05, 4.69) is 10.6 Å². The van der Waals surface area contributed by atoms with Crippen LogP contribution in [0.5, 0.6) is 5.75 Å². The zero-order valence-corrected chi connectivity index (χ0v) is 19.0. The molecule has 1 amide bonds. The molecule has 2 aromatic rings. The highest BCUT2D eigenvalue weighted by Crippen LogP contribution is 2.23. The molecule has 1 atom stereocenters. The third kappa shape index (κ3) is 6.08. The van der Waals surface area contributed by atoms with E-state index in [0.29, 0.717) is 44.8 Å². The number of aryl methyl sites for hydroxylation is 1. The standard InChI is InChI=1S/C25H32N2O5/c1-18-5-4-6-22(17-18)32-16-13-26-25(11-14-31-15-12-25)24(29)27-19(2)20-7-9-21(10-8-20)23(28)30-3/h4-10,17,19,26H,11-16H2,1-3H3,(H,27,29). The maximum Gasteiger partial charge on any atom is 0.337 e. The first-order valence-electron chi connectivity index (χ1n) is 10.9. The molecule has 1 aliphatic rings. The van der Waals surface area contributed by atoms with E-state index in [4.69, 9.17) is 14.2 Å². The molecular weight excluding hydrogens is 408 g/mol. The average Bonchev–Trinajstić information content (AvgIpc) is 2.82. The summed E-state index contributed by atoms with van der Waals surface area (Å²) in [5.41, 5.74) is 1.83. The van der Waals surface area contributed by atoms with Crippen molar-refractivity contribution in [1.82, 2.24) is 10.6 Å². The van der Waals surface area contributed by atoms with Crippen LogP contribution in [0.25, 0.3) is 0 Å². The van der Waals surface area contributed by atoms with Gasteiger partial charge < -0.3 is 19.5 Å². The predicted molar refractivity (Wildman–Crippen MR) is 122 cm³/mol. The van der Waals surface area contributed by atoms with Crippen molar-refractivity contribution in [2.45, 2.75) is 38.3 Å². The van der Waals surface area contributed by atoms with Crippen molar-refractivity contribution in [3.8, 4) is 5.75 Å². The zero-order valence-electron chi connectivity index (χ0n) is 19.0. The van der Waals surface area contributed by atoms with Crippen LogP contribution in [-0.2, 0) is 14.3 Å². The van der Waals surface area contributed by atoms with Gasteiger partial charge in [-0.25, -0.2) is 4.79 Å². The Morgan fingerprint density at radius 2 is 1.84 bits per heavy atom. The van der Waals surface area contributed by atoms with Gasteiger partial charge in [-0.15, -0.1) is 0 Å². The van der Waals surface area contributed by atoms with Gasteiger partial charge >= 0.3 is 5.97 Å². The number of methoxy groups -OCH3 is 1. The second kappa shape index (κ2) is 11.1. The first kappa shape index (κ1) is 23.8. The number of ether oxygens (including phenoxy) is 3. The van der Waals surface area contributed by atoms with E-state index in [1.807, 2.05) is 50.2 Å². The Morgan fingerprint density at radius 1 is 1.12 bits per heavy atom. The van der Waals surface area contributed by atoms with Gasteiger partial charge in [0.2, 0.25) is 5.91 Å². The Bertz CT molecular complexity index is 907. The van der Waals surface area contributed by atoms with Crippen LogP contribution in [0.1, 0.15) is 47.3 Å². The quantitative estimate of drug-likeness (QED) is 0.460. The first-order chi connectivity index (χ1) is 15.4. The van der Waals surface area contributed by atoms with Crippen LogP contribution in [0.2, 0.25) is 0 Å². The van der Waals surface area contributed by atoms with Gasteiger partial charge in [0, 0.05) is 19.8 Å². The maximum atomic E-state index is 13.3. The maximum absolute atomic E-state index is 13.3. The molecule has 2 aromatic carbocycles. The summed E-state index contributed by atoms with van der Waals surface area (Å²) in [6.07, 6.45) is 1.19. The van der Waals surface area contributed by atoms with Crippen LogP contribution in [0.15, 0.2) is 48.5 Å². The molecule has 0 aliphatic carbocycles. The minimum atomic E-state index is -0.700. The lowest BCUT2D eigenvalue weighted by Crippen LogP contribution is -2.60. The zero-order chi connectivity index (χ0) is 23.0. The lowest BCUT2D eigenvalue weighted by atomic mass is 9.88. The molecule has 1 aliphatic heterocycles. The minimum Gasteiger partial charge on any atom is -0.492 e. The number of esters is 1. The van der Waals surface area contributed by atoms with Gasteiger partial charge in [0.15, 0.2) is 0 Å². The smallest absolute Gasteiger partial charge is 0.337 e. The van der Waals surface area contributed by atoms with Crippen LogP contribution in [-0.4, -0.2) is 50.9 Å². The molecule has 2 N–H and O–H groups in total. The van der Waals surface area contributed by atoms with Crippen molar-refractivity contribution in [3.05, 3.63) is 65.2 Å². The molecule has 0 bridgehead atoms. The number of benzene rings is 2. The Balaban J connectivity index is 1.59. The van der Waals surface area contributed by atoms with E-state index in [1.165, 1.54) is 7.11 Å². The summed E-state index contributed by atoms with van der Waals surface area (Å²) in [4.78, 5) is 24.9. The first-order valence-corrected chi connectivity index (χ1v) is 10.9. The highest BCUT2D eigenvalue weighted by Gasteiger charge is 2.40. The molecule has 1 fully saturated rings. The number of carbonyl (C=O) groups is 2. The molecule has 7 nitrogen and oxygen atoms in total.